The first-order valence-corrected chi connectivity index (χ1v) is 42.5. The van der Waals surface area contributed by atoms with Crippen LogP contribution < -0.4 is 0 Å². The van der Waals surface area contributed by atoms with E-state index in [0.29, 0.717) is 25.7 Å². The van der Waals surface area contributed by atoms with Crippen LogP contribution in [-0.2, 0) is 65.4 Å². The summed E-state index contributed by atoms with van der Waals surface area (Å²) in [5, 5.41) is 10.6. The van der Waals surface area contributed by atoms with E-state index in [0.717, 1.165) is 121 Å². The smallest absolute Gasteiger partial charge is 0.462 e. The Labute approximate surface area is 586 Å². The first kappa shape index (κ1) is 93.5. The summed E-state index contributed by atoms with van der Waals surface area (Å²) in [6.45, 7) is 7.18. The number of phosphoric ester groups is 2. The normalized spacial score (nSPS) is 14.4. The van der Waals surface area contributed by atoms with Gasteiger partial charge in [-0.1, -0.05) is 329 Å². The van der Waals surface area contributed by atoms with Gasteiger partial charge in [0.15, 0.2) is 12.2 Å². The first-order chi connectivity index (χ1) is 46.6. The molecule has 0 bridgehead atoms. The zero-order valence-electron chi connectivity index (χ0n) is 62.0. The number of esters is 4. The van der Waals surface area contributed by atoms with E-state index < -0.39 is 97.5 Å². The van der Waals surface area contributed by atoms with Crippen molar-refractivity contribution >= 4 is 39.5 Å². The van der Waals surface area contributed by atoms with Crippen molar-refractivity contribution in [1.29, 1.82) is 0 Å². The third-order valence-corrected chi connectivity index (χ3v) is 19.7. The summed E-state index contributed by atoms with van der Waals surface area (Å²) in [6, 6.07) is 0. The van der Waals surface area contributed by atoms with Gasteiger partial charge in [0.05, 0.1) is 26.4 Å². The Kier molecular flexibility index (Phi) is 67.8. The third-order valence-electron chi connectivity index (χ3n) is 17.8. The van der Waals surface area contributed by atoms with Crippen LogP contribution in [0.4, 0.5) is 0 Å². The van der Waals surface area contributed by atoms with E-state index in [9.17, 15) is 43.2 Å². The van der Waals surface area contributed by atoms with Gasteiger partial charge in [0.25, 0.3) is 0 Å². The first-order valence-electron chi connectivity index (χ1n) is 39.5. The van der Waals surface area contributed by atoms with E-state index >= 15 is 0 Å². The van der Waals surface area contributed by atoms with Crippen LogP contribution in [0.2, 0.25) is 0 Å². The highest BCUT2D eigenvalue weighted by Gasteiger charge is 2.30. The Morgan fingerprint density at radius 1 is 0.333 bits per heavy atom. The fourth-order valence-electron chi connectivity index (χ4n) is 11.3. The summed E-state index contributed by atoms with van der Waals surface area (Å²) in [5.41, 5.74) is 0. The van der Waals surface area contributed by atoms with Gasteiger partial charge in [-0.15, -0.1) is 0 Å². The molecule has 0 aromatic rings. The van der Waals surface area contributed by atoms with Crippen LogP contribution >= 0.6 is 15.6 Å². The van der Waals surface area contributed by atoms with Crippen molar-refractivity contribution in [2.45, 2.75) is 400 Å². The molecule has 0 aliphatic heterocycles. The number of ether oxygens (including phenoxy) is 4. The summed E-state index contributed by atoms with van der Waals surface area (Å²) >= 11 is 0. The topological polar surface area (TPSA) is 237 Å². The average Bonchev–Trinajstić information content (AvgIpc) is 1.20. The highest BCUT2D eigenvalue weighted by molar-refractivity contribution is 7.47. The van der Waals surface area contributed by atoms with Gasteiger partial charge in [-0.05, 0) is 57.3 Å². The number of carbonyl (C=O) groups excluding carboxylic acids is 4. The summed E-state index contributed by atoms with van der Waals surface area (Å²) in [4.78, 5) is 72.8. The molecule has 0 radical (unpaired) electrons. The number of hydrogen-bond donors (Lipinski definition) is 3. The van der Waals surface area contributed by atoms with Crippen molar-refractivity contribution in [1.82, 2.24) is 0 Å². The molecule has 19 heteroatoms. The summed E-state index contributed by atoms with van der Waals surface area (Å²) < 4.78 is 68.5. The minimum Gasteiger partial charge on any atom is -0.462 e. The second-order valence-electron chi connectivity index (χ2n) is 27.3. The molecule has 6 atom stereocenters. The number of rotatable bonds is 75. The van der Waals surface area contributed by atoms with E-state index in [1.807, 2.05) is 0 Å². The standard InChI is InChI=1S/C77H146O17P2/c1-6-10-13-16-19-22-25-27-29-30-31-32-33-35-37-40-43-46-53-58-63-77(82)93-72(66-87-74(79)60-55-50-44-41-39-36-34-28-26-23-20-17-14-11-7-2)68-91-95(83,84)89-64-71(78)65-90-96(85,86)92-69-73(67-88-75(80)61-56-51-48-47-49-54-59-70(5)9-4)94-76(81)62-57-52-45-42-38-24-21-18-15-12-8-3/h23,26,28,34,70-73,78H,6-22,24-25,27,29-33,35-69H2,1-5H3,(H,83,84)(H,85,86)/b26-23-,34-28-/t70?,71-,72-,73-/m1/s1. The van der Waals surface area contributed by atoms with Crippen molar-refractivity contribution in [2.75, 3.05) is 39.6 Å². The lowest BCUT2D eigenvalue weighted by molar-refractivity contribution is -0.161. The lowest BCUT2D eigenvalue weighted by Crippen LogP contribution is -2.30. The summed E-state index contributed by atoms with van der Waals surface area (Å²) in [7, 11) is -9.92. The SMILES string of the molecule is CCCCCC/C=C\C=C/CCCCCCCC(=O)OC[C@H](COP(=O)(O)OC[C@@H](O)COP(=O)(O)OC[C@@H](COC(=O)CCCCCCCCC(C)CC)OC(=O)CCCCCCCCCCCCC)OC(=O)CCCCCCCCCCCCCCCCCCCCCC. The van der Waals surface area contributed by atoms with Crippen LogP contribution in [-0.4, -0.2) is 96.7 Å². The van der Waals surface area contributed by atoms with Gasteiger partial charge in [0, 0.05) is 25.7 Å². The molecule has 0 aromatic carbocycles. The Bertz CT molecular complexity index is 1940. The molecule has 0 aliphatic rings. The van der Waals surface area contributed by atoms with Crippen molar-refractivity contribution in [2.24, 2.45) is 5.92 Å². The molecule has 17 nitrogen and oxygen atoms in total. The zero-order valence-corrected chi connectivity index (χ0v) is 63.8. The molecule has 0 fully saturated rings. The summed E-state index contributed by atoms with van der Waals surface area (Å²) in [5.74, 6) is -1.42. The predicted octanol–water partition coefficient (Wildman–Crippen LogP) is 22.4. The second-order valence-corrected chi connectivity index (χ2v) is 30.2. The molecule has 0 aromatic heterocycles. The van der Waals surface area contributed by atoms with Crippen molar-refractivity contribution in [3.8, 4) is 0 Å². The van der Waals surface area contributed by atoms with Crippen LogP contribution in [0.15, 0.2) is 24.3 Å². The lowest BCUT2D eigenvalue weighted by Gasteiger charge is -2.21. The highest BCUT2D eigenvalue weighted by Crippen LogP contribution is 2.45. The lowest BCUT2D eigenvalue weighted by atomic mass is 10.00. The van der Waals surface area contributed by atoms with Crippen LogP contribution in [0.25, 0.3) is 0 Å². The van der Waals surface area contributed by atoms with E-state index in [2.05, 4.69) is 58.9 Å². The van der Waals surface area contributed by atoms with Crippen molar-refractivity contribution in [3.05, 3.63) is 24.3 Å². The number of phosphoric acid groups is 2. The van der Waals surface area contributed by atoms with Gasteiger partial charge < -0.3 is 33.8 Å². The van der Waals surface area contributed by atoms with Crippen molar-refractivity contribution < 1.29 is 80.2 Å². The zero-order chi connectivity index (χ0) is 70.5. The Balaban J connectivity index is 5.25. The quantitative estimate of drug-likeness (QED) is 0.0169. The number of hydrogen-bond acceptors (Lipinski definition) is 15. The van der Waals surface area contributed by atoms with Crippen LogP contribution in [0.3, 0.4) is 0 Å². The minimum absolute atomic E-state index is 0.102. The molecule has 0 aliphatic carbocycles. The Hall–Kier alpha value is -2.46. The number of carbonyl (C=O) groups is 4. The molecule has 0 saturated carbocycles. The maximum atomic E-state index is 13.1. The largest absolute Gasteiger partial charge is 0.472 e. The maximum Gasteiger partial charge on any atom is 0.472 e. The molecule has 3 N–H and O–H groups in total. The van der Waals surface area contributed by atoms with Gasteiger partial charge in [-0.2, -0.15) is 0 Å². The van der Waals surface area contributed by atoms with Crippen LogP contribution in [0, 0.1) is 5.92 Å². The van der Waals surface area contributed by atoms with Gasteiger partial charge in [-0.25, -0.2) is 9.13 Å². The van der Waals surface area contributed by atoms with E-state index in [-0.39, 0.29) is 25.7 Å². The number of unbranched alkanes of at least 4 members (excludes halogenated alkanes) is 43. The van der Waals surface area contributed by atoms with Gasteiger partial charge in [0.1, 0.15) is 19.3 Å². The number of aliphatic hydroxyl groups excluding tert-OH is 1. The van der Waals surface area contributed by atoms with E-state index in [1.54, 1.807) is 0 Å². The third kappa shape index (κ3) is 68.7. The van der Waals surface area contributed by atoms with E-state index in [4.69, 9.17) is 37.0 Å². The van der Waals surface area contributed by atoms with Gasteiger partial charge in [0.2, 0.25) is 0 Å². The molecule has 0 spiro atoms. The Morgan fingerprint density at radius 2 is 0.583 bits per heavy atom. The Morgan fingerprint density at radius 3 is 0.885 bits per heavy atom. The molecule has 0 heterocycles. The molecule has 566 valence electrons. The monoisotopic (exact) mass is 1410 g/mol. The fraction of sp³-hybridized carbons (Fsp3) is 0.896. The van der Waals surface area contributed by atoms with E-state index in [1.165, 1.54) is 180 Å². The molecule has 0 rings (SSSR count). The highest BCUT2D eigenvalue weighted by atomic mass is 31.2. The van der Waals surface area contributed by atoms with Crippen molar-refractivity contribution in [3.63, 3.8) is 0 Å². The number of allylic oxidation sites excluding steroid dienone is 4. The molecular weight excluding hydrogens is 1260 g/mol. The second kappa shape index (κ2) is 69.6. The molecule has 0 amide bonds. The maximum absolute atomic E-state index is 13.1. The minimum atomic E-state index is -4.96. The molecule has 3 unspecified atom stereocenters. The van der Waals surface area contributed by atoms with Gasteiger partial charge in [-0.3, -0.25) is 37.3 Å². The van der Waals surface area contributed by atoms with Crippen LogP contribution in [0.1, 0.15) is 381 Å². The van der Waals surface area contributed by atoms with Gasteiger partial charge >= 0.3 is 39.5 Å². The molecule has 0 saturated heterocycles. The van der Waals surface area contributed by atoms with Crippen LogP contribution in [0.5, 0.6) is 0 Å². The number of aliphatic hydroxyl groups is 1. The fourth-order valence-corrected chi connectivity index (χ4v) is 12.9. The molecule has 96 heavy (non-hydrogen) atoms. The molecular formula is C77H146O17P2. The summed E-state index contributed by atoms with van der Waals surface area (Å²) in [6.07, 6.45) is 61.9. The average molecular weight is 1410 g/mol. The predicted molar refractivity (Wildman–Crippen MR) is 391 cm³/mol.